The molecule has 2 fully saturated rings. The summed E-state index contributed by atoms with van der Waals surface area (Å²) in [5, 5.41) is 99.7. The summed E-state index contributed by atoms with van der Waals surface area (Å²) in [5.41, 5.74) is -24.7. The molecule has 0 aromatic carbocycles. The molecule has 13 atom stereocenters. The lowest BCUT2D eigenvalue weighted by atomic mass is 9.58. The molecule has 9 N–H and O–H groups in total. The van der Waals surface area contributed by atoms with E-state index in [0.29, 0.717) is 41.5 Å². The first-order valence-electron chi connectivity index (χ1n) is 15.5. The van der Waals surface area contributed by atoms with Gasteiger partial charge in [-0.1, -0.05) is 0 Å². The van der Waals surface area contributed by atoms with Gasteiger partial charge in [-0.15, -0.1) is 0 Å². The van der Waals surface area contributed by atoms with E-state index in [-0.39, 0.29) is 0 Å². The van der Waals surface area contributed by atoms with Gasteiger partial charge < -0.3 is 64.9 Å². The van der Waals surface area contributed by atoms with Crippen LogP contribution in [-0.2, 0) is 57.3 Å². The van der Waals surface area contributed by atoms with E-state index in [1.165, 1.54) is 0 Å². The Labute approximate surface area is 295 Å². The molecule has 2 heterocycles. The minimum atomic E-state index is -4.26. The minimum Gasteiger partial charge on any atom is -0.394 e. The van der Waals surface area contributed by atoms with Gasteiger partial charge in [0.1, 0.15) is 18.3 Å². The van der Waals surface area contributed by atoms with E-state index in [1.54, 1.807) is 0 Å². The van der Waals surface area contributed by atoms with Crippen LogP contribution in [-0.4, -0.2) is 182 Å². The normalized spacial score (nSPS) is 39.5. The summed E-state index contributed by atoms with van der Waals surface area (Å²) in [5.74, 6) is -14.2. The molecule has 0 saturated carbocycles. The highest BCUT2D eigenvalue weighted by Crippen LogP contribution is 2.54. The standard InChI is InChI=1S/C31H44O21/c1-11(33)20(42)22-26(44,13(3)35)30(47,17(7)39)28(46,15(5)37)24(50-22)52-29(16(6)38)25(49-10-19(41)9-32)51-23(21(43)12(2)34)27(45,14(4)36)31(29,48)18(8)40/h11-12,19,22-25,32-34,41,44-48H,9-10H2,1-8H3/t11?,12?,19?,22-,23-,24?,25?,26+,27+,28+,29+,30+,31+/m1/s1. The maximum atomic E-state index is 14.0. The number of carbonyl (C=O) groups is 8. The number of aliphatic hydroxyl groups is 9. The third-order valence-corrected chi connectivity index (χ3v) is 9.58. The maximum absolute atomic E-state index is 14.0. The second kappa shape index (κ2) is 14.9. The highest BCUT2D eigenvalue weighted by molar-refractivity contribution is 6.10. The molecule has 0 spiro atoms. The van der Waals surface area contributed by atoms with Crippen molar-refractivity contribution in [3.63, 3.8) is 0 Å². The van der Waals surface area contributed by atoms with E-state index in [2.05, 4.69) is 0 Å². The third kappa shape index (κ3) is 5.93. The zero-order valence-electron chi connectivity index (χ0n) is 29.4. The Hall–Kier alpha value is -3.16. The Morgan fingerprint density at radius 1 is 0.577 bits per heavy atom. The average molecular weight is 753 g/mol. The first kappa shape index (κ1) is 45.0. The van der Waals surface area contributed by atoms with Crippen LogP contribution in [0.4, 0.5) is 0 Å². The van der Waals surface area contributed by atoms with Crippen molar-refractivity contribution in [3.05, 3.63) is 0 Å². The number of ketones is 8. The minimum absolute atomic E-state index is 0.410. The van der Waals surface area contributed by atoms with Crippen LogP contribution in [0.25, 0.3) is 0 Å². The fourth-order valence-electron chi connectivity index (χ4n) is 6.62. The molecule has 0 aromatic rings. The molecule has 0 amide bonds. The zero-order chi connectivity index (χ0) is 40.9. The van der Waals surface area contributed by atoms with Gasteiger partial charge in [0.05, 0.1) is 13.2 Å². The van der Waals surface area contributed by atoms with Crippen LogP contribution in [0.5, 0.6) is 0 Å². The summed E-state index contributed by atoms with van der Waals surface area (Å²) < 4.78 is 21.8. The largest absolute Gasteiger partial charge is 0.394 e. The summed E-state index contributed by atoms with van der Waals surface area (Å²) >= 11 is 0. The Balaban J connectivity index is 3.31. The number of carbonyl (C=O) groups excluding carboxylic acids is 8. The van der Waals surface area contributed by atoms with Gasteiger partial charge in [0, 0.05) is 0 Å². The lowest BCUT2D eigenvalue weighted by Crippen LogP contribution is -2.91. The van der Waals surface area contributed by atoms with Gasteiger partial charge in [0.15, 0.2) is 82.3 Å². The molecular weight excluding hydrogens is 708 g/mol. The second-order valence-electron chi connectivity index (χ2n) is 12.9. The fraction of sp³-hybridized carbons (Fsp3) is 0.742. The molecule has 52 heavy (non-hydrogen) atoms. The van der Waals surface area contributed by atoms with Crippen molar-refractivity contribution in [1.29, 1.82) is 0 Å². The predicted molar refractivity (Wildman–Crippen MR) is 162 cm³/mol. The van der Waals surface area contributed by atoms with Crippen molar-refractivity contribution >= 4 is 46.3 Å². The van der Waals surface area contributed by atoms with E-state index in [1.807, 2.05) is 0 Å². The quantitative estimate of drug-likeness (QED) is 0.0708. The van der Waals surface area contributed by atoms with E-state index in [4.69, 9.17) is 18.9 Å². The SMILES string of the molecule is CC(=O)[C@@]1(O)[C@](O)(C(C)=O)C(O[C@@]2(C(C)=O)C(OCC(O)CO)O[C@H](C(=O)C(C)O)[C@@](O)(C(C)=O)[C@@]2(O)C(C)=O)O[C@H](C(=O)C(C)O)[C@@]1(O)C(C)=O. The number of aliphatic hydroxyl groups excluding tert-OH is 4. The van der Waals surface area contributed by atoms with Crippen LogP contribution in [0.3, 0.4) is 0 Å². The molecule has 0 aliphatic carbocycles. The van der Waals surface area contributed by atoms with Crippen LogP contribution >= 0.6 is 0 Å². The van der Waals surface area contributed by atoms with Crippen LogP contribution < -0.4 is 0 Å². The van der Waals surface area contributed by atoms with Crippen molar-refractivity contribution in [1.82, 2.24) is 0 Å². The molecule has 0 radical (unpaired) electrons. The number of Topliss-reactive ketones (excluding diaryl/α,β-unsaturated/α-hetero) is 8. The Bertz CT molecular complexity index is 1520. The monoisotopic (exact) mass is 752 g/mol. The lowest BCUT2D eigenvalue weighted by Gasteiger charge is -2.62. The number of hydrogen-bond donors (Lipinski definition) is 9. The smallest absolute Gasteiger partial charge is 0.218 e. The summed E-state index contributed by atoms with van der Waals surface area (Å²) in [4.78, 5) is 107. The highest BCUT2D eigenvalue weighted by Gasteiger charge is 2.85. The molecule has 21 nitrogen and oxygen atoms in total. The van der Waals surface area contributed by atoms with Crippen molar-refractivity contribution in [2.24, 2.45) is 0 Å². The predicted octanol–water partition coefficient (Wildman–Crippen LogP) is -6.35. The third-order valence-electron chi connectivity index (χ3n) is 9.58. The molecule has 5 unspecified atom stereocenters. The molecule has 21 heteroatoms. The molecule has 294 valence electrons. The number of hydrogen-bond acceptors (Lipinski definition) is 21. The van der Waals surface area contributed by atoms with Gasteiger partial charge in [0.25, 0.3) is 0 Å². The van der Waals surface area contributed by atoms with E-state index in [0.717, 1.165) is 13.8 Å². The Morgan fingerprint density at radius 2 is 0.942 bits per heavy atom. The Kier molecular flexibility index (Phi) is 12.9. The first-order valence-corrected chi connectivity index (χ1v) is 15.5. The lowest BCUT2D eigenvalue weighted by molar-refractivity contribution is -0.425. The summed E-state index contributed by atoms with van der Waals surface area (Å²) in [6.07, 6.45) is -18.5. The van der Waals surface area contributed by atoms with Crippen LogP contribution in [0.1, 0.15) is 55.4 Å². The van der Waals surface area contributed by atoms with Gasteiger partial charge in [-0.25, -0.2) is 0 Å². The maximum Gasteiger partial charge on any atom is 0.218 e. The van der Waals surface area contributed by atoms with Crippen LogP contribution in [0.2, 0.25) is 0 Å². The van der Waals surface area contributed by atoms with Crippen molar-refractivity contribution < 1.29 is 103 Å². The second-order valence-corrected chi connectivity index (χ2v) is 12.9. The van der Waals surface area contributed by atoms with Crippen LogP contribution in [0.15, 0.2) is 0 Å². The Morgan fingerprint density at radius 3 is 1.25 bits per heavy atom. The molecule has 2 saturated heterocycles. The fourth-order valence-corrected chi connectivity index (χ4v) is 6.62. The molecule has 2 rings (SSSR count). The van der Waals surface area contributed by atoms with Gasteiger partial charge in [-0.3, -0.25) is 38.4 Å². The van der Waals surface area contributed by atoms with Gasteiger partial charge >= 0.3 is 0 Å². The number of rotatable bonds is 16. The van der Waals surface area contributed by atoms with E-state index < -0.39 is 136 Å². The molecule has 2 aliphatic heterocycles. The molecule has 0 aromatic heterocycles. The zero-order valence-corrected chi connectivity index (χ0v) is 29.4. The number of ether oxygens (including phenoxy) is 4. The topological polar surface area (TPSA) is 356 Å². The van der Waals surface area contributed by atoms with E-state index in [9.17, 15) is 84.3 Å². The van der Waals surface area contributed by atoms with Gasteiger partial charge in [0.2, 0.25) is 22.4 Å². The van der Waals surface area contributed by atoms with Crippen molar-refractivity contribution in [2.45, 2.75) is 132 Å². The van der Waals surface area contributed by atoms with Gasteiger partial charge in [-0.05, 0) is 55.4 Å². The molecule has 2 aliphatic rings. The van der Waals surface area contributed by atoms with Crippen molar-refractivity contribution in [3.8, 4) is 0 Å². The van der Waals surface area contributed by atoms with Gasteiger partial charge in [-0.2, -0.15) is 0 Å². The average Bonchev–Trinajstić information content (AvgIpc) is 3.04. The summed E-state index contributed by atoms with van der Waals surface area (Å²) in [6, 6.07) is 0. The highest BCUT2D eigenvalue weighted by atomic mass is 16.8. The first-order chi connectivity index (χ1) is 23.5. The molecule has 0 bridgehead atoms. The van der Waals surface area contributed by atoms with Crippen molar-refractivity contribution in [2.75, 3.05) is 13.2 Å². The summed E-state index contributed by atoms with van der Waals surface area (Å²) in [7, 11) is 0. The molecular formula is C31H44O21. The van der Waals surface area contributed by atoms with Crippen LogP contribution in [0, 0.1) is 0 Å². The van der Waals surface area contributed by atoms with E-state index >= 15 is 0 Å². The summed E-state index contributed by atoms with van der Waals surface area (Å²) in [6.45, 7) is 1.94.